The molecule has 31 heavy (non-hydrogen) atoms. The second-order valence-corrected chi connectivity index (χ2v) is 9.31. The topological polar surface area (TPSA) is 75.0 Å². The number of aromatic amines is 1. The number of nitrogens with one attached hydrogen (secondary N) is 1. The Bertz CT molecular complexity index is 1480. The Hall–Kier alpha value is -3.45. The van der Waals surface area contributed by atoms with Crippen LogP contribution in [0.1, 0.15) is 32.2 Å². The van der Waals surface area contributed by atoms with E-state index in [9.17, 15) is 4.79 Å². The van der Waals surface area contributed by atoms with Gasteiger partial charge in [-0.2, -0.15) is 0 Å². The number of rotatable bonds is 2. The zero-order valence-corrected chi connectivity index (χ0v) is 18.0. The van der Waals surface area contributed by atoms with Gasteiger partial charge in [-0.15, -0.1) is 11.3 Å². The van der Waals surface area contributed by atoms with Crippen LogP contribution in [0, 0.1) is 13.8 Å². The molecule has 0 aliphatic carbocycles. The zero-order chi connectivity index (χ0) is 21.1. The lowest BCUT2D eigenvalue weighted by atomic mass is 10.0. The number of amides is 1. The zero-order valence-electron chi connectivity index (χ0n) is 17.2. The van der Waals surface area contributed by atoms with Crippen molar-refractivity contribution in [1.82, 2.24) is 20.0 Å². The van der Waals surface area contributed by atoms with Crippen molar-refractivity contribution in [3.63, 3.8) is 0 Å². The van der Waals surface area contributed by atoms with Crippen LogP contribution >= 0.6 is 11.3 Å². The van der Waals surface area contributed by atoms with Crippen LogP contribution in [-0.4, -0.2) is 32.5 Å². The van der Waals surface area contributed by atoms with Gasteiger partial charge < -0.3 is 14.4 Å². The number of carbonyl (C=O) groups is 1. The number of thiophene rings is 1. The van der Waals surface area contributed by atoms with Crippen LogP contribution < -0.4 is 0 Å². The maximum absolute atomic E-state index is 13.7. The SMILES string of the molecule is Cc1ccc(-c2cc(C(=O)N3CCc4[nH]c5ccccc5c4C3)c3c(C)noc3n2)s1. The molecule has 6 rings (SSSR count). The van der Waals surface area contributed by atoms with Gasteiger partial charge in [0.2, 0.25) is 0 Å². The van der Waals surface area contributed by atoms with Crippen molar-refractivity contribution in [2.75, 3.05) is 6.54 Å². The molecule has 4 aromatic heterocycles. The molecule has 0 bridgehead atoms. The fourth-order valence-corrected chi connectivity index (χ4v) is 5.30. The molecule has 1 aromatic carbocycles. The molecule has 154 valence electrons. The molecule has 1 N–H and O–H groups in total. The van der Waals surface area contributed by atoms with Gasteiger partial charge >= 0.3 is 0 Å². The summed E-state index contributed by atoms with van der Waals surface area (Å²) in [6.07, 6.45) is 0.809. The minimum atomic E-state index is -0.0100. The normalized spacial score (nSPS) is 13.8. The van der Waals surface area contributed by atoms with Crippen molar-refractivity contribution in [2.24, 2.45) is 0 Å². The second-order valence-electron chi connectivity index (χ2n) is 8.02. The third-order valence-corrected chi connectivity index (χ3v) is 7.03. The summed E-state index contributed by atoms with van der Waals surface area (Å²) < 4.78 is 5.47. The van der Waals surface area contributed by atoms with Gasteiger partial charge in [0.25, 0.3) is 11.6 Å². The van der Waals surface area contributed by atoms with Gasteiger partial charge in [0.15, 0.2) is 0 Å². The molecule has 1 aliphatic heterocycles. The molecule has 5 aromatic rings. The lowest BCUT2D eigenvalue weighted by molar-refractivity contribution is 0.0737. The van der Waals surface area contributed by atoms with Gasteiger partial charge in [0.1, 0.15) is 0 Å². The monoisotopic (exact) mass is 428 g/mol. The van der Waals surface area contributed by atoms with E-state index >= 15 is 0 Å². The Balaban J connectivity index is 1.44. The van der Waals surface area contributed by atoms with E-state index in [1.807, 2.05) is 36.1 Å². The number of hydrogen-bond acceptors (Lipinski definition) is 5. The van der Waals surface area contributed by atoms with Crippen LogP contribution in [0.15, 0.2) is 47.0 Å². The highest BCUT2D eigenvalue weighted by Gasteiger charge is 2.28. The quantitative estimate of drug-likeness (QED) is 0.417. The van der Waals surface area contributed by atoms with Gasteiger partial charge in [-0.1, -0.05) is 23.4 Å². The van der Waals surface area contributed by atoms with Crippen LogP contribution in [-0.2, 0) is 13.0 Å². The molecule has 0 unspecified atom stereocenters. The Labute approximate surface area is 182 Å². The fourth-order valence-electron chi connectivity index (χ4n) is 4.47. The number of fused-ring (bicyclic) bond motifs is 4. The van der Waals surface area contributed by atoms with Gasteiger partial charge in [-0.25, -0.2) is 4.98 Å². The third-order valence-electron chi connectivity index (χ3n) is 6.01. The minimum absolute atomic E-state index is 0.0100. The van der Waals surface area contributed by atoms with E-state index in [4.69, 9.17) is 4.52 Å². The van der Waals surface area contributed by atoms with E-state index in [1.165, 1.54) is 21.5 Å². The summed E-state index contributed by atoms with van der Waals surface area (Å²) in [6, 6.07) is 14.3. The summed E-state index contributed by atoms with van der Waals surface area (Å²) in [5, 5.41) is 5.97. The maximum atomic E-state index is 13.7. The third kappa shape index (κ3) is 2.88. The van der Waals surface area contributed by atoms with Crippen LogP contribution in [0.3, 0.4) is 0 Å². The average molecular weight is 429 g/mol. The Morgan fingerprint density at radius 1 is 1.19 bits per heavy atom. The summed E-state index contributed by atoms with van der Waals surface area (Å²) in [5.74, 6) is -0.0100. The van der Waals surface area contributed by atoms with Crippen LogP contribution in [0.5, 0.6) is 0 Å². The van der Waals surface area contributed by atoms with E-state index in [0.717, 1.165) is 22.5 Å². The molecule has 7 heteroatoms. The summed E-state index contributed by atoms with van der Waals surface area (Å²) >= 11 is 1.65. The van der Waals surface area contributed by atoms with Crippen LogP contribution in [0.4, 0.5) is 0 Å². The lowest BCUT2D eigenvalue weighted by Gasteiger charge is -2.27. The van der Waals surface area contributed by atoms with Crippen molar-refractivity contribution in [3.05, 3.63) is 69.9 Å². The molecule has 0 fully saturated rings. The number of nitrogens with zero attached hydrogens (tertiary/aromatic N) is 3. The number of pyridine rings is 1. The van der Waals surface area contributed by atoms with E-state index in [2.05, 4.69) is 40.2 Å². The molecule has 0 saturated heterocycles. The molecule has 0 radical (unpaired) electrons. The number of aryl methyl sites for hydroxylation is 2. The standard InChI is InChI=1S/C24H20N4O2S/c1-13-7-8-21(31-13)20-11-16(22-14(2)27-30-23(22)26-20)24(29)28-10-9-19-17(12-28)15-5-3-4-6-18(15)25-19/h3-8,11,25H,9-10,12H2,1-2H3. The molecule has 0 spiro atoms. The molecule has 0 atom stereocenters. The Kier molecular flexibility index (Phi) is 4.01. The number of aromatic nitrogens is 3. The predicted octanol–water partition coefficient (Wildman–Crippen LogP) is 5.25. The van der Waals surface area contributed by atoms with Crippen molar-refractivity contribution < 1.29 is 9.32 Å². The number of hydrogen-bond donors (Lipinski definition) is 1. The molecular formula is C24H20N4O2S. The van der Waals surface area contributed by atoms with Crippen molar-refractivity contribution in [3.8, 4) is 10.6 Å². The van der Waals surface area contributed by atoms with E-state index in [0.29, 0.717) is 35.4 Å². The number of carbonyl (C=O) groups excluding carboxylic acids is 1. The molecule has 1 amide bonds. The summed E-state index contributed by atoms with van der Waals surface area (Å²) in [5.41, 5.74) is 6.00. The number of H-pyrrole nitrogens is 1. The van der Waals surface area contributed by atoms with Gasteiger partial charge in [0.05, 0.1) is 27.2 Å². The lowest BCUT2D eigenvalue weighted by Crippen LogP contribution is -2.36. The largest absolute Gasteiger partial charge is 0.358 e. The molecular weight excluding hydrogens is 408 g/mol. The summed E-state index contributed by atoms with van der Waals surface area (Å²) in [7, 11) is 0. The van der Waals surface area contributed by atoms with Crippen LogP contribution in [0.25, 0.3) is 32.6 Å². The number of benzene rings is 1. The van der Waals surface area contributed by atoms with Crippen molar-refractivity contribution in [1.29, 1.82) is 0 Å². The maximum Gasteiger partial charge on any atom is 0.259 e. The fraction of sp³-hybridized carbons (Fsp3) is 0.208. The average Bonchev–Trinajstić information content (AvgIpc) is 3.49. The molecule has 1 aliphatic rings. The van der Waals surface area contributed by atoms with Crippen LogP contribution in [0.2, 0.25) is 0 Å². The number of para-hydroxylation sites is 1. The smallest absolute Gasteiger partial charge is 0.259 e. The highest BCUT2D eigenvalue weighted by atomic mass is 32.1. The highest BCUT2D eigenvalue weighted by Crippen LogP contribution is 2.33. The summed E-state index contributed by atoms with van der Waals surface area (Å²) in [6.45, 7) is 5.16. The first-order valence-corrected chi connectivity index (χ1v) is 11.1. The van der Waals surface area contributed by atoms with E-state index < -0.39 is 0 Å². The second kappa shape index (κ2) is 6.78. The first-order chi connectivity index (χ1) is 15.1. The Morgan fingerprint density at radius 3 is 2.90 bits per heavy atom. The molecule has 6 nitrogen and oxygen atoms in total. The van der Waals surface area contributed by atoms with Gasteiger partial charge in [0, 0.05) is 46.5 Å². The van der Waals surface area contributed by atoms with Crippen molar-refractivity contribution >= 4 is 39.2 Å². The molecule has 5 heterocycles. The Morgan fingerprint density at radius 2 is 2.06 bits per heavy atom. The molecule has 0 saturated carbocycles. The van der Waals surface area contributed by atoms with Gasteiger partial charge in [-0.3, -0.25) is 4.79 Å². The predicted molar refractivity (Wildman–Crippen MR) is 121 cm³/mol. The minimum Gasteiger partial charge on any atom is -0.358 e. The van der Waals surface area contributed by atoms with E-state index in [-0.39, 0.29) is 5.91 Å². The van der Waals surface area contributed by atoms with Gasteiger partial charge in [-0.05, 0) is 38.1 Å². The van der Waals surface area contributed by atoms with E-state index in [1.54, 1.807) is 11.3 Å². The van der Waals surface area contributed by atoms with Crippen molar-refractivity contribution in [2.45, 2.75) is 26.8 Å². The first kappa shape index (κ1) is 18.3. The summed E-state index contributed by atoms with van der Waals surface area (Å²) in [4.78, 5) is 26.0. The first-order valence-electron chi connectivity index (χ1n) is 10.3. The highest BCUT2D eigenvalue weighted by molar-refractivity contribution is 7.15.